The van der Waals surface area contributed by atoms with Crippen molar-refractivity contribution in [1.82, 2.24) is 20.6 Å². The number of aromatic nitrogens is 2. The lowest BCUT2D eigenvalue weighted by atomic mass is 10.2. The molecule has 0 spiro atoms. The Balaban J connectivity index is 1.48. The van der Waals surface area contributed by atoms with Crippen LogP contribution in [0, 0.1) is 0 Å². The Morgan fingerprint density at radius 1 is 1.30 bits per heavy atom. The number of pyridine rings is 1. The van der Waals surface area contributed by atoms with Gasteiger partial charge in [-0.3, -0.25) is 4.99 Å². The minimum absolute atomic E-state index is 0.323. The highest BCUT2D eigenvalue weighted by atomic mass is 32.1. The van der Waals surface area contributed by atoms with Crippen LogP contribution in [0.15, 0.2) is 28.7 Å². The predicted octanol–water partition coefficient (Wildman–Crippen LogP) is 3.85. The summed E-state index contributed by atoms with van der Waals surface area (Å²) in [4.78, 5) is 13.3. The largest absolute Gasteiger partial charge is 0.474 e. The maximum Gasteiger partial charge on any atom is 0.213 e. The summed E-state index contributed by atoms with van der Waals surface area (Å²) in [5.41, 5.74) is 2.27. The maximum absolute atomic E-state index is 5.98. The van der Waals surface area contributed by atoms with Gasteiger partial charge in [0.25, 0.3) is 0 Å². The van der Waals surface area contributed by atoms with E-state index in [1.54, 1.807) is 24.6 Å². The van der Waals surface area contributed by atoms with E-state index in [9.17, 15) is 0 Å². The topological polar surface area (TPSA) is 71.4 Å². The fourth-order valence-electron chi connectivity index (χ4n) is 3.04. The van der Waals surface area contributed by atoms with Gasteiger partial charge in [0.15, 0.2) is 5.96 Å². The molecule has 27 heavy (non-hydrogen) atoms. The van der Waals surface area contributed by atoms with Crippen LogP contribution in [0.3, 0.4) is 0 Å². The lowest BCUT2D eigenvalue weighted by molar-refractivity contribution is 0.201. The van der Waals surface area contributed by atoms with E-state index in [1.165, 1.54) is 12.8 Å². The van der Waals surface area contributed by atoms with Gasteiger partial charge in [-0.05, 0) is 43.2 Å². The van der Waals surface area contributed by atoms with Gasteiger partial charge < -0.3 is 15.4 Å². The molecular formula is C20H29N5OS. The van der Waals surface area contributed by atoms with Crippen LogP contribution in [0.5, 0.6) is 5.88 Å². The minimum Gasteiger partial charge on any atom is -0.474 e. The maximum atomic E-state index is 5.98. The number of rotatable bonds is 7. The number of aliphatic imine (C=N–C) groups is 1. The minimum atomic E-state index is 0.323. The van der Waals surface area contributed by atoms with Gasteiger partial charge >= 0.3 is 0 Å². The second kappa shape index (κ2) is 9.69. The molecule has 2 N–H and O–H groups in total. The Morgan fingerprint density at radius 3 is 2.78 bits per heavy atom. The standard InChI is InChI=1S/C20H29N5OS/c1-14(2)17-13-27-19(25-17)12-24-20(21-3)23-11-15-8-9-22-18(10-15)26-16-6-4-5-7-16/h8-10,13-14,16H,4-7,11-12H2,1-3H3,(H2,21,23,24). The highest BCUT2D eigenvalue weighted by molar-refractivity contribution is 7.09. The quantitative estimate of drug-likeness (QED) is 0.558. The van der Waals surface area contributed by atoms with Crippen molar-refractivity contribution in [3.05, 3.63) is 40.0 Å². The molecule has 2 aromatic heterocycles. The predicted molar refractivity (Wildman–Crippen MR) is 110 cm³/mol. The van der Waals surface area contributed by atoms with Gasteiger partial charge in [-0.25, -0.2) is 9.97 Å². The van der Waals surface area contributed by atoms with E-state index < -0.39 is 0 Å². The van der Waals surface area contributed by atoms with Crippen LogP contribution in [0.4, 0.5) is 0 Å². The smallest absolute Gasteiger partial charge is 0.213 e. The van der Waals surface area contributed by atoms with Crippen molar-refractivity contribution in [3.63, 3.8) is 0 Å². The zero-order valence-electron chi connectivity index (χ0n) is 16.4. The average molecular weight is 388 g/mol. The molecule has 2 heterocycles. The number of nitrogens with one attached hydrogen (secondary N) is 2. The van der Waals surface area contributed by atoms with Crippen molar-refractivity contribution in [2.24, 2.45) is 4.99 Å². The Labute approximate surface area is 165 Å². The highest BCUT2D eigenvalue weighted by Gasteiger charge is 2.17. The van der Waals surface area contributed by atoms with Crippen LogP contribution >= 0.6 is 11.3 Å². The summed E-state index contributed by atoms with van der Waals surface area (Å²) in [7, 11) is 1.78. The highest BCUT2D eigenvalue weighted by Crippen LogP contribution is 2.23. The van der Waals surface area contributed by atoms with E-state index in [2.05, 4.69) is 44.8 Å². The first-order chi connectivity index (χ1) is 13.1. The first-order valence-electron chi connectivity index (χ1n) is 9.64. The lowest BCUT2D eigenvalue weighted by Gasteiger charge is -2.14. The first kappa shape index (κ1) is 19.6. The molecular weight excluding hydrogens is 358 g/mol. The molecule has 3 rings (SSSR count). The van der Waals surface area contributed by atoms with E-state index in [0.29, 0.717) is 31.0 Å². The van der Waals surface area contributed by atoms with Gasteiger partial charge in [-0.15, -0.1) is 11.3 Å². The molecule has 146 valence electrons. The van der Waals surface area contributed by atoms with Crippen LogP contribution in [0.25, 0.3) is 0 Å². The van der Waals surface area contributed by atoms with Gasteiger partial charge in [0.2, 0.25) is 5.88 Å². The zero-order chi connectivity index (χ0) is 19.1. The third-order valence-corrected chi connectivity index (χ3v) is 5.51. The molecule has 0 aliphatic heterocycles. The van der Waals surface area contributed by atoms with E-state index in [1.807, 2.05) is 12.1 Å². The van der Waals surface area contributed by atoms with E-state index >= 15 is 0 Å². The van der Waals surface area contributed by atoms with Crippen molar-refractivity contribution >= 4 is 17.3 Å². The third-order valence-electron chi connectivity index (χ3n) is 4.64. The second-order valence-electron chi connectivity index (χ2n) is 7.13. The summed E-state index contributed by atoms with van der Waals surface area (Å²) in [5.74, 6) is 1.93. The number of ether oxygens (including phenoxy) is 1. The average Bonchev–Trinajstić information content (AvgIpc) is 3.34. The van der Waals surface area contributed by atoms with Crippen molar-refractivity contribution in [2.75, 3.05) is 7.05 Å². The van der Waals surface area contributed by atoms with E-state index in [4.69, 9.17) is 4.74 Å². The van der Waals surface area contributed by atoms with Gasteiger partial charge in [-0.2, -0.15) is 0 Å². The molecule has 1 aliphatic carbocycles. The molecule has 1 saturated carbocycles. The summed E-state index contributed by atoms with van der Waals surface area (Å²) in [6.45, 7) is 5.65. The van der Waals surface area contributed by atoms with Crippen LogP contribution < -0.4 is 15.4 Å². The van der Waals surface area contributed by atoms with Gasteiger partial charge in [0, 0.05) is 31.2 Å². The SMILES string of the molecule is CN=C(NCc1ccnc(OC2CCCC2)c1)NCc1nc(C(C)C)cs1. The Morgan fingerprint density at radius 2 is 2.07 bits per heavy atom. The van der Waals surface area contributed by atoms with E-state index in [-0.39, 0.29) is 0 Å². The number of guanidine groups is 1. The number of hydrogen-bond donors (Lipinski definition) is 2. The summed E-state index contributed by atoms with van der Waals surface area (Å²) >= 11 is 1.68. The molecule has 2 aromatic rings. The Hall–Kier alpha value is -2.15. The Bertz CT molecular complexity index is 752. The van der Waals surface area contributed by atoms with Crippen LogP contribution in [-0.4, -0.2) is 29.1 Å². The van der Waals surface area contributed by atoms with Crippen LogP contribution in [-0.2, 0) is 13.1 Å². The zero-order valence-corrected chi connectivity index (χ0v) is 17.2. The molecule has 7 heteroatoms. The molecule has 0 bridgehead atoms. The van der Waals surface area contributed by atoms with Gasteiger partial charge in [0.05, 0.1) is 12.2 Å². The molecule has 0 atom stereocenters. The Kier molecular flexibility index (Phi) is 7.04. The van der Waals surface area contributed by atoms with Crippen molar-refractivity contribution in [3.8, 4) is 5.88 Å². The second-order valence-corrected chi connectivity index (χ2v) is 8.07. The normalized spacial score (nSPS) is 15.3. The molecule has 1 aliphatic rings. The first-order valence-corrected chi connectivity index (χ1v) is 10.5. The number of thiazole rings is 1. The van der Waals surface area contributed by atoms with Crippen LogP contribution in [0.2, 0.25) is 0 Å². The van der Waals surface area contributed by atoms with E-state index in [0.717, 1.165) is 35.1 Å². The monoisotopic (exact) mass is 387 g/mol. The summed E-state index contributed by atoms with van der Waals surface area (Å²) < 4.78 is 5.98. The summed E-state index contributed by atoms with van der Waals surface area (Å²) in [6, 6.07) is 4.01. The van der Waals surface area contributed by atoms with Crippen molar-refractivity contribution < 1.29 is 4.74 Å². The number of nitrogens with zero attached hydrogens (tertiary/aromatic N) is 3. The molecule has 0 aromatic carbocycles. The number of hydrogen-bond acceptors (Lipinski definition) is 5. The fourth-order valence-corrected chi connectivity index (χ4v) is 3.93. The van der Waals surface area contributed by atoms with Gasteiger partial charge in [-0.1, -0.05) is 13.8 Å². The molecule has 1 fully saturated rings. The summed E-state index contributed by atoms with van der Waals surface area (Å²) in [6.07, 6.45) is 6.91. The fraction of sp³-hybridized carbons (Fsp3) is 0.550. The van der Waals surface area contributed by atoms with Gasteiger partial charge in [0.1, 0.15) is 11.1 Å². The molecule has 0 saturated heterocycles. The molecule has 0 unspecified atom stereocenters. The van der Waals surface area contributed by atoms with Crippen LogP contribution in [0.1, 0.15) is 61.7 Å². The van der Waals surface area contributed by atoms with Crippen molar-refractivity contribution in [2.45, 2.75) is 64.6 Å². The van der Waals surface area contributed by atoms with Crippen molar-refractivity contribution in [1.29, 1.82) is 0 Å². The summed E-state index contributed by atoms with van der Waals surface area (Å²) in [5, 5.41) is 9.85. The third kappa shape index (κ3) is 5.92. The molecule has 6 nitrogen and oxygen atoms in total. The molecule has 0 radical (unpaired) electrons. The lowest BCUT2D eigenvalue weighted by Crippen LogP contribution is -2.36. The molecule has 0 amide bonds.